The standard InChI is InChI=1S/C15H20N2/c1-10(2)7-12-8-15(12,4)14-5-6-17-9-13(14)11(3)16/h5-7,9-10,16H,8H2,1-4H3/b12-7+,16-11?. The van der Waals surface area contributed by atoms with Gasteiger partial charge >= 0.3 is 0 Å². The lowest BCUT2D eigenvalue weighted by Gasteiger charge is -2.13. The van der Waals surface area contributed by atoms with Gasteiger partial charge in [-0.3, -0.25) is 4.98 Å². The highest BCUT2D eigenvalue weighted by atomic mass is 14.6. The Morgan fingerprint density at radius 1 is 1.53 bits per heavy atom. The van der Waals surface area contributed by atoms with Crippen molar-refractivity contribution in [1.29, 1.82) is 5.41 Å². The molecule has 1 aromatic rings. The number of aromatic nitrogens is 1. The highest BCUT2D eigenvalue weighted by molar-refractivity contribution is 5.98. The minimum absolute atomic E-state index is 0.144. The summed E-state index contributed by atoms with van der Waals surface area (Å²) in [6.45, 7) is 8.52. The van der Waals surface area contributed by atoms with E-state index in [1.807, 2.05) is 19.3 Å². The van der Waals surface area contributed by atoms with Crippen LogP contribution in [0.3, 0.4) is 0 Å². The van der Waals surface area contributed by atoms with E-state index in [2.05, 4.69) is 37.9 Å². The molecule has 0 bridgehead atoms. The molecule has 1 aliphatic rings. The van der Waals surface area contributed by atoms with Crippen molar-refractivity contribution in [3.8, 4) is 0 Å². The van der Waals surface area contributed by atoms with Crippen molar-refractivity contribution >= 4 is 5.71 Å². The molecule has 0 saturated heterocycles. The smallest absolute Gasteiger partial charge is 0.0373 e. The summed E-state index contributed by atoms with van der Waals surface area (Å²) < 4.78 is 0. The number of nitrogens with zero attached hydrogens (tertiary/aromatic N) is 1. The molecular formula is C15H20N2. The second-order valence-corrected chi connectivity index (χ2v) is 5.49. The van der Waals surface area contributed by atoms with Gasteiger partial charge in [0.1, 0.15) is 0 Å². The summed E-state index contributed by atoms with van der Waals surface area (Å²) in [5.74, 6) is 0.596. The van der Waals surface area contributed by atoms with Crippen molar-refractivity contribution in [2.45, 2.75) is 39.5 Å². The maximum absolute atomic E-state index is 7.83. The van der Waals surface area contributed by atoms with Gasteiger partial charge in [-0.2, -0.15) is 0 Å². The predicted molar refractivity (Wildman–Crippen MR) is 71.6 cm³/mol. The SMILES string of the molecule is CC(=N)c1cnccc1C1(C)C/C1=C\C(C)C. The monoisotopic (exact) mass is 228 g/mol. The van der Waals surface area contributed by atoms with Crippen LogP contribution in [0.2, 0.25) is 0 Å². The van der Waals surface area contributed by atoms with Gasteiger partial charge in [0.2, 0.25) is 0 Å². The maximum Gasteiger partial charge on any atom is 0.0373 e. The average Bonchev–Trinajstić information content (AvgIpc) is 2.89. The fraction of sp³-hybridized carbons (Fsp3) is 0.467. The first kappa shape index (κ1) is 12.0. The van der Waals surface area contributed by atoms with Crippen molar-refractivity contribution in [1.82, 2.24) is 4.98 Å². The molecule has 1 N–H and O–H groups in total. The van der Waals surface area contributed by atoms with E-state index < -0.39 is 0 Å². The van der Waals surface area contributed by atoms with E-state index in [0.717, 1.165) is 12.0 Å². The van der Waals surface area contributed by atoms with Gasteiger partial charge in [-0.25, -0.2) is 0 Å². The van der Waals surface area contributed by atoms with E-state index in [1.54, 1.807) is 0 Å². The molecule has 90 valence electrons. The molecule has 2 nitrogen and oxygen atoms in total. The number of nitrogens with one attached hydrogen (secondary N) is 1. The molecule has 0 spiro atoms. The maximum atomic E-state index is 7.83. The molecule has 0 radical (unpaired) electrons. The van der Waals surface area contributed by atoms with Gasteiger partial charge in [-0.05, 0) is 30.9 Å². The Morgan fingerprint density at radius 2 is 2.24 bits per heavy atom. The lowest BCUT2D eigenvalue weighted by atomic mass is 9.91. The molecule has 17 heavy (non-hydrogen) atoms. The van der Waals surface area contributed by atoms with E-state index in [4.69, 9.17) is 5.41 Å². The summed E-state index contributed by atoms with van der Waals surface area (Å²) in [5, 5.41) is 7.83. The van der Waals surface area contributed by atoms with E-state index in [0.29, 0.717) is 11.6 Å². The largest absolute Gasteiger partial charge is 0.305 e. The van der Waals surface area contributed by atoms with Crippen LogP contribution >= 0.6 is 0 Å². The van der Waals surface area contributed by atoms with E-state index in [1.165, 1.54) is 11.1 Å². The van der Waals surface area contributed by atoms with Crippen molar-refractivity contribution in [2.24, 2.45) is 5.92 Å². The lowest BCUT2D eigenvalue weighted by molar-refractivity contribution is 0.793. The Hall–Kier alpha value is -1.44. The van der Waals surface area contributed by atoms with Gasteiger partial charge in [0.15, 0.2) is 0 Å². The van der Waals surface area contributed by atoms with Crippen LogP contribution in [0.5, 0.6) is 0 Å². The Kier molecular flexibility index (Phi) is 2.90. The molecule has 0 aliphatic heterocycles. The zero-order valence-electron chi connectivity index (χ0n) is 11.0. The fourth-order valence-corrected chi connectivity index (χ4v) is 2.42. The van der Waals surface area contributed by atoms with E-state index in [-0.39, 0.29) is 5.41 Å². The van der Waals surface area contributed by atoms with Crippen molar-refractivity contribution in [2.75, 3.05) is 0 Å². The molecule has 2 rings (SSSR count). The van der Waals surface area contributed by atoms with E-state index >= 15 is 0 Å². The Morgan fingerprint density at radius 3 is 2.82 bits per heavy atom. The predicted octanol–water partition coefficient (Wildman–Crippen LogP) is 3.71. The van der Waals surface area contributed by atoms with Gasteiger partial charge in [-0.15, -0.1) is 0 Å². The number of hydrogen-bond donors (Lipinski definition) is 1. The minimum Gasteiger partial charge on any atom is -0.305 e. The third-order valence-electron chi connectivity index (χ3n) is 3.48. The van der Waals surface area contributed by atoms with Crippen LogP contribution in [0.25, 0.3) is 0 Å². The first-order valence-electron chi connectivity index (χ1n) is 6.16. The van der Waals surface area contributed by atoms with Gasteiger partial charge in [0.25, 0.3) is 0 Å². The second-order valence-electron chi connectivity index (χ2n) is 5.49. The van der Waals surface area contributed by atoms with Crippen LogP contribution in [0.15, 0.2) is 30.1 Å². The van der Waals surface area contributed by atoms with Crippen molar-refractivity contribution < 1.29 is 0 Å². The first-order valence-corrected chi connectivity index (χ1v) is 6.16. The third-order valence-corrected chi connectivity index (χ3v) is 3.48. The van der Waals surface area contributed by atoms with E-state index in [9.17, 15) is 0 Å². The van der Waals surface area contributed by atoms with Crippen LogP contribution in [0.4, 0.5) is 0 Å². The summed E-state index contributed by atoms with van der Waals surface area (Å²) in [4.78, 5) is 4.13. The topological polar surface area (TPSA) is 36.7 Å². The summed E-state index contributed by atoms with van der Waals surface area (Å²) in [7, 11) is 0. The summed E-state index contributed by atoms with van der Waals surface area (Å²) in [6.07, 6.45) is 7.12. The molecule has 1 unspecified atom stereocenters. The van der Waals surface area contributed by atoms with Crippen LogP contribution in [0.1, 0.15) is 45.2 Å². The third kappa shape index (κ3) is 2.17. The fourth-order valence-electron chi connectivity index (χ4n) is 2.42. The minimum atomic E-state index is 0.144. The molecule has 0 aromatic carbocycles. The molecule has 1 fully saturated rings. The van der Waals surface area contributed by atoms with Crippen LogP contribution in [0, 0.1) is 11.3 Å². The zero-order chi connectivity index (χ0) is 12.6. The summed E-state index contributed by atoms with van der Waals surface area (Å²) in [5.41, 5.74) is 4.49. The molecule has 1 atom stereocenters. The summed E-state index contributed by atoms with van der Waals surface area (Å²) >= 11 is 0. The lowest BCUT2D eigenvalue weighted by Crippen LogP contribution is -2.09. The molecular weight excluding hydrogens is 208 g/mol. The zero-order valence-corrected chi connectivity index (χ0v) is 11.0. The van der Waals surface area contributed by atoms with Gasteiger partial charge in [0.05, 0.1) is 0 Å². The number of allylic oxidation sites excluding steroid dienone is 2. The number of pyridine rings is 1. The quantitative estimate of drug-likeness (QED) is 0.621. The highest BCUT2D eigenvalue weighted by Gasteiger charge is 2.46. The molecule has 1 saturated carbocycles. The summed E-state index contributed by atoms with van der Waals surface area (Å²) in [6, 6.07) is 2.06. The molecule has 2 heteroatoms. The normalized spacial score (nSPS) is 25.4. The first-order chi connectivity index (χ1) is 7.95. The molecule has 0 amide bonds. The van der Waals surface area contributed by atoms with Crippen molar-refractivity contribution in [3.05, 3.63) is 41.2 Å². The Bertz CT molecular complexity index is 485. The molecule has 1 heterocycles. The number of hydrogen-bond acceptors (Lipinski definition) is 2. The van der Waals surface area contributed by atoms with Crippen LogP contribution in [-0.2, 0) is 5.41 Å². The van der Waals surface area contributed by atoms with Gasteiger partial charge < -0.3 is 5.41 Å². The van der Waals surface area contributed by atoms with Gasteiger partial charge in [-0.1, -0.05) is 32.4 Å². The Balaban J connectivity index is 2.40. The Labute approximate surface area is 103 Å². The molecule has 1 aromatic heterocycles. The van der Waals surface area contributed by atoms with Crippen molar-refractivity contribution in [3.63, 3.8) is 0 Å². The second kappa shape index (κ2) is 4.10. The highest BCUT2D eigenvalue weighted by Crippen LogP contribution is 2.54. The number of rotatable bonds is 3. The van der Waals surface area contributed by atoms with Crippen LogP contribution in [-0.4, -0.2) is 10.7 Å². The molecule has 1 aliphatic carbocycles. The van der Waals surface area contributed by atoms with Gasteiger partial charge in [0, 0.05) is 29.1 Å². The van der Waals surface area contributed by atoms with Crippen LogP contribution < -0.4 is 0 Å². The average molecular weight is 228 g/mol.